The normalized spacial score (nSPS) is 11.5. The Balaban J connectivity index is 2.46. The van der Waals surface area contributed by atoms with Crippen LogP contribution in [0, 0.1) is 0 Å². The predicted molar refractivity (Wildman–Crippen MR) is 81.1 cm³/mol. The van der Waals surface area contributed by atoms with Crippen molar-refractivity contribution < 1.29 is 9.59 Å². The highest BCUT2D eigenvalue weighted by molar-refractivity contribution is 8.02. The SMILES string of the molecule is C=CCNc1nnc(SC(C)C(=O)NC(=O)NCC)s1. The van der Waals surface area contributed by atoms with Gasteiger partial charge in [-0.25, -0.2) is 4.79 Å². The first-order chi connectivity index (χ1) is 9.56. The number of hydrogen-bond acceptors (Lipinski definition) is 7. The Morgan fingerprint density at radius 1 is 1.50 bits per heavy atom. The molecule has 110 valence electrons. The Bertz CT molecular complexity index is 477. The Morgan fingerprint density at radius 3 is 2.90 bits per heavy atom. The summed E-state index contributed by atoms with van der Waals surface area (Å²) in [5, 5.41) is 15.9. The van der Waals surface area contributed by atoms with E-state index in [1.54, 1.807) is 19.9 Å². The topological polar surface area (TPSA) is 96.0 Å². The molecule has 3 amide bonds. The van der Waals surface area contributed by atoms with Gasteiger partial charge in [0.05, 0.1) is 5.25 Å². The number of rotatable bonds is 7. The van der Waals surface area contributed by atoms with E-state index in [1.165, 1.54) is 23.1 Å². The average molecular weight is 315 g/mol. The molecule has 1 heterocycles. The highest BCUT2D eigenvalue weighted by atomic mass is 32.2. The number of anilines is 1. The predicted octanol–water partition coefficient (Wildman–Crippen LogP) is 1.46. The van der Waals surface area contributed by atoms with Crippen LogP contribution in [-0.2, 0) is 4.79 Å². The van der Waals surface area contributed by atoms with Gasteiger partial charge in [0, 0.05) is 13.1 Å². The highest BCUT2D eigenvalue weighted by Gasteiger charge is 2.18. The minimum absolute atomic E-state index is 0.364. The number of carbonyl (C=O) groups is 2. The summed E-state index contributed by atoms with van der Waals surface area (Å²) in [5.74, 6) is -0.364. The molecule has 1 atom stereocenters. The molecule has 1 aromatic rings. The van der Waals surface area contributed by atoms with Gasteiger partial charge in [-0.15, -0.1) is 16.8 Å². The smallest absolute Gasteiger partial charge is 0.321 e. The lowest BCUT2D eigenvalue weighted by molar-refractivity contribution is -0.119. The second-order valence-electron chi connectivity index (χ2n) is 3.65. The van der Waals surface area contributed by atoms with Gasteiger partial charge in [0.15, 0.2) is 4.34 Å². The molecule has 0 radical (unpaired) electrons. The van der Waals surface area contributed by atoms with Crippen molar-refractivity contribution in [2.24, 2.45) is 0 Å². The van der Waals surface area contributed by atoms with Crippen LogP contribution in [-0.4, -0.2) is 40.5 Å². The number of carbonyl (C=O) groups excluding carboxylic acids is 2. The average Bonchev–Trinajstić information content (AvgIpc) is 2.84. The summed E-state index contributed by atoms with van der Waals surface area (Å²) < 4.78 is 0.662. The fourth-order valence-corrected chi connectivity index (χ4v) is 3.01. The Kier molecular flexibility index (Phi) is 7.02. The summed E-state index contributed by atoms with van der Waals surface area (Å²) in [7, 11) is 0. The molecule has 9 heteroatoms. The van der Waals surface area contributed by atoms with Gasteiger partial charge in [0.1, 0.15) is 0 Å². The molecule has 3 N–H and O–H groups in total. The lowest BCUT2D eigenvalue weighted by Crippen LogP contribution is -2.42. The van der Waals surface area contributed by atoms with Crippen molar-refractivity contribution in [2.45, 2.75) is 23.4 Å². The highest BCUT2D eigenvalue weighted by Crippen LogP contribution is 2.28. The number of imide groups is 1. The van der Waals surface area contributed by atoms with Crippen LogP contribution in [0.15, 0.2) is 17.0 Å². The van der Waals surface area contributed by atoms with Gasteiger partial charge in [0.2, 0.25) is 11.0 Å². The molecule has 1 unspecified atom stereocenters. The number of aromatic nitrogens is 2. The number of urea groups is 1. The monoisotopic (exact) mass is 315 g/mol. The first-order valence-corrected chi connectivity index (χ1v) is 7.70. The van der Waals surface area contributed by atoms with Crippen molar-refractivity contribution in [1.82, 2.24) is 20.8 Å². The number of hydrogen-bond donors (Lipinski definition) is 3. The van der Waals surface area contributed by atoms with Crippen molar-refractivity contribution in [3.63, 3.8) is 0 Å². The van der Waals surface area contributed by atoms with Gasteiger partial charge in [-0.1, -0.05) is 29.2 Å². The Hall–Kier alpha value is -1.61. The lowest BCUT2D eigenvalue weighted by atomic mass is 10.4. The minimum Gasteiger partial charge on any atom is -0.357 e. The van der Waals surface area contributed by atoms with Gasteiger partial charge in [-0.3, -0.25) is 10.1 Å². The Morgan fingerprint density at radius 2 is 2.25 bits per heavy atom. The van der Waals surface area contributed by atoms with Crippen LogP contribution in [0.1, 0.15) is 13.8 Å². The minimum atomic E-state index is -0.490. The van der Waals surface area contributed by atoms with Crippen LogP contribution in [0.4, 0.5) is 9.93 Å². The maximum atomic E-state index is 11.7. The van der Waals surface area contributed by atoms with Crippen molar-refractivity contribution >= 4 is 40.2 Å². The third-order valence-corrected chi connectivity index (χ3v) is 4.09. The van der Waals surface area contributed by atoms with Gasteiger partial charge >= 0.3 is 6.03 Å². The molecule has 0 aliphatic heterocycles. The second kappa shape index (κ2) is 8.54. The van der Waals surface area contributed by atoms with Crippen LogP contribution in [0.5, 0.6) is 0 Å². The van der Waals surface area contributed by atoms with Crippen LogP contribution in [0.3, 0.4) is 0 Å². The fraction of sp³-hybridized carbons (Fsp3) is 0.455. The second-order valence-corrected chi connectivity index (χ2v) is 6.22. The maximum absolute atomic E-state index is 11.7. The largest absolute Gasteiger partial charge is 0.357 e. The van der Waals surface area contributed by atoms with E-state index in [2.05, 4.69) is 32.7 Å². The number of nitrogens with zero attached hydrogens (tertiary/aromatic N) is 2. The fourth-order valence-electron chi connectivity index (χ4n) is 1.11. The standard InChI is InChI=1S/C11H17N5O2S2/c1-4-6-13-10-15-16-11(20-10)19-7(3)8(17)14-9(18)12-5-2/h4,7H,1,5-6H2,2-3H3,(H,13,15)(H2,12,14,17,18). The van der Waals surface area contributed by atoms with E-state index in [0.717, 1.165) is 0 Å². The zero-order valence-corrected chi connectivity index (χ0v) is 12.9. The molecule has 0 saturated carbocycles. The molecule has 0 aliphatic carbocycles. The van der Waals surface area contributed by atoms with E-state index in [4.69, 9.17) is 0 Å². The molecular formula is C11H17N5O2S2. The summed E-state index contributed by atoms with van der Waals surface area (Å²) in [6.07, 6.45) is 1.72. The summed E-state index contributed by atoms with van der Waals surface area (Å²) >= 11 is 2.60. The molecule has 0 aromatic carbocycles. The zero-order chi connectivity index (χ0) is 15.0. The number of amides is 3. The van der Waals surface area contributed by atoms with E-state index in [0.29, 0.717) is 22.6 Å². The lowest BCUT2D eigenvalue weighted by Gasteiger charge is -2.09. The first-order valence-electron chi connectivity index (χ1n) is 6.00. The molecule has 20 heavy (non-hydrogen) atoms. The third-order valence-electron chi connectivity index (χ3n) is 2.02. The molecule has 0 aliphatic rings. The van der Waals surface area contributed by atoms with Crippen LogP contribution >= 0.6 is 23.1 Å². The summed E-state index contributed by atoms with van der Waals surface area (Å²) in [6.45, 7) is 8.15. The third kappa shape index (κ3) is 5.57. The van der Waals surface area contributed by atoms with Crippen LogP contribution in [0.25, 0.3) is 0 Å². The van der Waals surface area contributed by atoms with E-state index in [1.807, 2.05) is 0 Å². The molecular weight excluding hydrogens is 298 g/mol. The van der Waals surface area contributed by atoms with Crippen LogP contribution in [0.2, 0.25) is 0 Å². The van der Waals surface area contributed by atoms with Crippen molar-refractivity contribution in [3.05, 3.63) is 12.7 Å². The van der Waals surface area contributed by atoms with Gasteiger partial charge < -0.3 is 10.6 Å². The zero-order valence-electron chi connectivity index (χ0n) is 11.3. The van der Waals surface area contributed by atoms with Gasteiger partial charge in [-0.05, 0) is 13.8 Å². The molecule has 7 nitrogen and oxygen atoms in total. The summed E-state index contributed by atoms with van der Waals surface area (Å²) in [5.41, 5.74) is 0. The maximum Gasteiger partial charge on any atom is 0.321 e. The van der Waals surface area contributed by atoms with Crippen molar-refractivity contribution in [2.75, 3.05) is 18.4 Å². The molecule has 0 saturated heterocycles. The Labute approximate surface area is 125 Å². The van der Waals surface area contributed by atoms with Gasteiger partial charge in [-0.2, -0.15) is 0 Å². The van der Waals surface area contributed by atoms with E-state index >= 15 is 0 Å². The quantitative estimate of drug-likeness (QED) is 0.521. The number of nitrogens with one attached hydrogen (secondary N) is 3. The molecule has 0 fully saturated rings. The number of thioether (sulfide) groups is 1. The van der Waals surface area contributed by atoms with Crippen molar-refractivity contribution in [1.29, 1.82) is 0 Å². The first kappa shape index (κ1) is 16.4. The van der Waals surface area contributed by atoms with E-state index < -0.39 is 11.3 Å². The summed E-state index contributed by atoms with van der Waals surface area (Å²) in [4.78, 5) is 23.0. The molecule has 0 spiro atoms. The van der Waals surface area contributed by atoms with Crippen LogP contribution < -0.4 is 16.0 Å². The summed E-state index contributed by atoms with van der Waals surface area (Å²) in [6, 6.07) is -0.490. The molecule has 0 bridgehead atoms. The molecule has 1 aromatic heterocycles. The van der Waals surface area contributed by atoms with E-state index in [9.17, 15) is 9.59 Å². The molecule has 1 rings (SSSR count). The van der Waals surface area contributed by atoms with Crippen molar-refractivity contribution in [3.8, 4) is 0 Å². The van der Waals surface area contributed by atoms with E-state index in [-0.39, 0.29) is 5.91 Å². The van der Waals surface area contributed by atoms with Gasteiger partial charge in [0.25, 0.3) is 0 Å².